The molecule has 0 radical (unpaired) electrons. The molecule has 3 heteroatoms. The van der Waals surface area contributed by atoms with Gasteiger partial charge in [0.25, 0.3) is 5.91 Å². The van der Waals surface area contributed by atoms with Crippen molar-refractivity contribution in [3.8, 4) is 0 Å². The molecule has 0 bridgehead atoms. The normalized spacial score (nSPS) is 10.7. The largest absolute Gasteiger partial charge is 0.306 e. The third-order valence-corrected chi connectivity index (χ3v) is 3.19. The van der Waals surface area contributed by atoms with Crippen molar-refractivity contribution in [1.82, 2.24) is 0 Å². The van der Waals surface area contributed by atoms with Crippen LogP contribution in [0.3, 0.4) is 0 Å². The first-order valence-corrected chi connectivity index (χ1v) is 6.65. The van der Waals surface area contributed by atoms with Crippen molar-refractivity contribution in [2.45, 2.75) is 26.8 Å². The minimum absolute atomic E-state index is 0.00531. The Bertz CT molecular complexity index is 608. The van der Waals surface area contributed by atoms with E-state index in [0.717, 1.165) is 5.69 Å². The summed E-state index contributed by atoms with van der Waals surface area (Å²) in [5.74, 6) is -0.544. The fraction of sp³-hybridized carbons (Fsp3) is 0.235. The van der Waals surface area contributed by atoms with Crippen LogP contribution in [0.5, 0.6) is 0 Å². The number of amides is 1. The molecule has 0 atom stereocenters. The molecule has 0 aromatic heterocycles. The molecule has 2 aromatic rings. The zero-order chi connectivity index (χ0) is 14.7. The summed E-state index contributed by atoms with van der Waals surface area (Å²) < 4.78 is 13.6. The van der Waals surface area contributed by atoms with Gasteiger partial charge in [0.15, 0.2) is 0 Å². The maximum atomic E-state index is 13.6. The Hall–Kier alpha value is -2.16. The Labute approximate surface area is 118 Å². The van der Waals surface area contributed by atoms with Gasteiger partial charge in [0.2, 0.25) is 0 Å². The number of halogens is 1. The highest BCUT2D eigenvalue weighted by Gasteiger charge is 2.21. The van der Waals surface area contributed by atoms with Gasteiger partial charge in [-0.2, -0.15) is 0 Å². The standard InChI is InChI=1S/C17H18FNO/c1-12(2)19(15-7-5-4-6-8-15)17(20)14-10-9-13(3)16(18)11-14/h4-12H,1-3H3. The molecule has 0 N–H and O–H groups in total. The van der Waals surface area contributed by atoms with E-state index in [4.69, 9.17) is 0 Å². The first kappa shape index (κ1) is 14.3. The molecule has 0 unspecified atom stereocenters. The predicted molar refractivity (Wildman–Crippen MR) is 79.5 cm³/mol. The van der Waals surface area contributed by atoms with Gasteiger partial charge < -0.3 is 4.90 Å². The summed E-state index contributed by atoms with van der Waals surface area (Å²) in [4.78, 5) is 14.3. The van der Waals surface area contributed by atoms with E-state index in [9.17, 15) is 9.18 Å². The second kappa shape index (κ2) is 5.87. The fourth-order valence-electron chi connectivity index (χ4n) is 2.10. The lowest BCUT2D eigenvalue weighted by Gasteiger charge is -2.27. The van der Waals surface area contributed by atoms with Crippen LogP contribution < -0.4 is 4.90 Å². The smallest absolute Gasteiger partial charge is 0.258 e. The summed E-state index contributed by atoms with van der Waals surface area (Å²) in [6.45, 7) is 5.56. The van der Waals surface area contributed by atoms with Crippen molar-refractivity contribution >= 4 is 11.6 Å². The summed E-state index contributed by atoms with van der Waals surface area (Å²) in [5, 5.41) is 0. The maximum Gasteiger partial charge on any atom is 0.258 e. The summed E-state index contributed by atoms with van der Waals surface area (Å²) >= 11 is 0. The number of anilines is 1. The molecule has 2 nitrogen and oxygen atoms in total. The molecule has 0 heterocycles. The highest BCUT2D eigenvalue weighted by atomic mass is 19.1. The van der Waals surface area contributed by atoms with Crippen molar-refractivity contribution < 1.29 is 9.18 Å². The van der Waals surface area contributed by atoms with Crippen molar-refractivity contribution in [2.24, 2.45) is 0 Å². The number of hydrogen-bond acceptors (Lipinski definition) is 1. The minimum Gasteiger partial charge on any atom is -0.306 e. The van der Waals surface area contributed by atoms with Gasteiger partial charge in [0, 0.05) is 17.3 Å². The Morgan fingerprint density at radius 3 is 2.30 bits per heavy atom. The number of carbonyl (C=O) groups is 1. The second-order valence-electron chi connectivity index (χ2n) is 5.07. The lowest BCUT2D eigenvalue weighted by Crippen LogP contribution is -2.37. The van der Waals surface area contributed by atoms with Crippen LogP contribution in [0.1, 0.15) is 29.8 Å². The van der Waals surface area contributed by atoms with Gasteiger partial charge in [0.1, 0.15) is 5.82 Å². The predicted octanol–water partition coefficient (Wildman–Crippen LogP) is 4.19. The number of benzene rings is 2. The molecule has 0 aliphatic carbocycles. The van der Waals surface area contributed by atoms with Crippen molar-refractivity contribution in [3.63, 3.8) is 0 Å². The Morgan fingerprint density at radius 1 is 1.10 bits per heavy atom. The molecule has 0 aliphatic rings. The Morgan fingerprint density at radius 2 is 1.75 bits per heavy atom. The molecule has 1 amide bonds. The van der Waals surface area contributed by atoms with Crippen LogP contribution in [0.25, 0.3) is 0 Å². The number of carbonyl (C=O) groups excluding carboxylic acids is 1. The lowest BCUT2D eigenvalue weighted by molar-refractivity contribution is 0.0980. The molecular weight excluding hydrogens is 253 g/mol. The highest BCUT2D eigenvalue weighted by Crippen LogP contribution is 2.20. The molecule has 20 heavy (non-hydrogen) atoms. The van der Waals surface area contributed by atoms with Crippen LogP contribution in [0.15, 0.2) is 48.5 Å². The number of nitrogens with zero attached hydrogens (tertiary/aromatic N) is 1. The highest BCUT2D eigenvalue weighted by molar-refractivity contribution is 6.06. The summed E-state index contributed by atoms with van der Waals surface area (Å²) in [5.41, 5.74) is 1.72. The second-order valence-corrected chi connectivity index (χ2v) is 5.07. The van der Waals surface area contributed by atoms with E-state index in [1.54, 1.807) is 24.0 Å². The third kappa shape index (κ3) is 2.87. The zero-order valence-corrected chi connectivity index (χ0v) is 11.9. The Kier molecular flexibility index (Phi) is 4.18. The van der Waals surface area contributed by atoms with Crippen molar-refractivity contribution in [2.75, 3.05) is 4.90 Å². The summed E-state index contributed by atoms with van der Waals surface area (Å²) in [6.07, 6.45) is 0. The number of aryl methyl sites for hydroxylation is 1. The van der Waals surface area contributed by atoms with Crippen LogP contribution in [0.4, 0.5) is 10.1 Å². The number of para-hydroxylation sites is 1. The molecule has 104 valence electrons. The number of rotatable bonds is 3. The first-order chi connectivity index (χ1) is 9.50. The first-order valence-electron chi connectivity index (χ1n) is 6.65. The van der Waals surface area contributed by atoms with E-state index >= 15 is 0 Å². The number of hydrogen-bond donors (Lipinski definition) is 0. The average Bonchev–Trinajstić information content (AvgIpc) is 2.42. The van der Waals surface area contributed by atoms with E-state index < -0.39 is 0 Å². The van der Waals surface area contributed by atoms with Gasteiger partial charge in [0.05, 0.1) is 0 Å². The molecular formula is C17H18FNO. The van der Waals surface area contributed by atoms with Gasteiger partial charge in [-0.1, -0.05) is 24.3 Å². The van der Waals surface area contributed by atoms with E-state index in [2.05, 4.69) is 0 Å². The topological polar surface area (TPSA) is 20.3 Å². The Balaban J connectivity index is 2.39. The molecule has 2 rings (SSSR count). The van der Waals surface area contributed by atoms with Gasteiger partial charge in [-0.25, -0.2) is 4.39 Å². The van der Waals surface area contributed by atoms with Crippen LogP contribution in [0.2, 0.25) is 0 Å². The van der Waals surface area contributed by atoms with Crippen LogP contribution in [0, 0.1) is 12.7 Å². The molecule has 0 spiro atoms. The van der Waals surface area contributed by atoms with Gasteiger partial charge in [-0.3, -0.25) is 4.79 Å². The molecule has 2 aromatic carbocycles. The molecule has 0 saturated heterocycles. The van der Waals surface area contributed by atoms with Crippen LogP contribution in [-0.2, 0) is 0 Å². The fourth-order valence-corrected chi connectivity index (χ4v) is 2.10. The summed E-state index contributed by atoms with van der Waals surface area (Å²) in [6, 6.07) is 14.0. The van der Waals surface area contributed by atoms with E-state index in [1.807, 2.05) is 44.2 Å². The van der Waals surface area contributed by atoms with Crippen LogP contribution >= 0.6 is 0 Å². The zero-order valence-electron chi connectivity index (χ0n) is 11.9. The van der Waals surface area contributed by atoms with E-state index in [1.165, 1.54) is 6.07 Å². The van der Waals surface area contributed by atoms with E-state index in [-0.39, 0.29) is 17.8 Å². The van der Waals surface area contributed by atoms with Crippen molar-refractivity contribution in [3.05, 3.63) is 65.5 Å². The van der Waals surface area contributed by atoms with E-state index in [0.29, 0.717) is 11.1 Å². The molecule has 0 fully saturated rings. The van der Waals surface area contributed by atoms with Crippen LogP contribution in [-0.4, -0.2) is 11.9 Å². The van der Waals surface area contributed by atoms with Gasteiger partial charge in [-0.05, 0) is 50.6 Å². The van der Waals surface area contributed by atoms with Crippen molar-refractivity contribution in [1.29, 1.82) is 0 Å². The SMILES string of the molecule is Cc1ccc(C(=O)N(c2ccccc2)C(C)C)cc1F. The lowest BCUT2D eigenvalue weighted by atomic mass is 10.1. The maximum absolute atomic E-state index is 13.6. The average molecular weight is 271 g/mol. The van der Waals surface area contributed by atoms with Gasteiger partial charge in [-0.15, -0.1) is 0 Å². The quantitative estimate of drug-likeness (QED) is 0.819. The minimum atomic E-state index is -0.354. The van der Waals surface area contributed by atoms with Gasteiger partial charge >= 0.3 is 0 Å². The summed E-state index contributed by atoms with van der Waals surface area (Å²) in [7, 11) is 0. The molecule has 0 saturated carbocycles. The monoisotopic (exact) mass is 271 g/mol. The third-order valence-electron chi connectivity index (χ3n) is 3.19. The molecule has 0 aliphatic heterocycles.